The summed E-state index contributed by atoms with van der Waals surface area (Å²) < 4.78 is 30.2. The molecule has 1 amide bonds. The predicted molar refractivity (Wildman–Crippen MR) is 89.9 cm³/mol. The monoisotopic (exact) mass is 373 g/mol. The van der Waals surface area contributed by atoms with Crippen molar-refractivity contribution in [2.75, 3.05) is 6.61 Å². The average molecular weight is 373 g/mol. The van der Waals surface area contributed by atoms with E-state index < -0.39 is 28.6 Å². The Morgan fingerprint density at radius 3 is 2.40 bits per heavy atom. The summed E-state index contributed by atoms with van der Waals surface area (Å²) in [6, 6.07) is 5.63. The van der Waals surface area contributed by atoms with Gasteiger partial charge in [-0.3, -0.25) is 4.79 Å². The molecule has 1 aromatic carbocycles. The van der Waals surface area contributed by atoms with Gasteiger partial charge in [0, 0.05) is 28.9 Å². The molecule has 25 heavy (non-hydrogen) atoms. The zero-order chi connectivity index (χ0) is 18.8. The highest BCUT2D eigenvalue weighted by atomic mass is 32.2. The van der Waals surface area contributed by atoms with Crippen molar-refractivity contribution in [2.45, 2.75) is 49.5 Å². The lowest BCUT2D eigenvalue weighted by Gasteiger charge is -2.58. The number of ether oxygens (including phenoxy) is 1. The van der Waals surface area contributed by atoms with Crippen molar-refractivity contribution in [3.8, 4) is 0 Å². The molecule has 138 valence electrons. The summed E-state index contributed by atoms with van der Waals surface area (Å²) in [6.45, 7) is 5.77. The van der Waals surface area contributed by atoms with E-state index in [-0.39, 0.29) is 18.1 Å². The Morgan fingerprint density at radius 1 is 1.36 bits per heavy atom. The van der Waals surface area contributed by atoms with E-state index in [1.165, 1.54) is 24.3 Å². The molecule has 5 nitrogen and oxygen atoms in total. The minimum atomic E-state index is -2.54. The Kier molecular flexibility index (Phi) is 5.73. The number of aliphatic carboxylic acids is 1. The second-order valence-corrected chi connectivity index (χ2v) is 7.50. The number of benzene rings is 1. The Hall–Kier alpha value is -1.67. The van der Waals surface area contributed by atoms with Crippen molar-refractivity contribution in [1.82, 2.24) is 5.32 Å². The van der Waals surface area contributed by atoms with E-state index in [1.807, 2.05) is 6.92 Å². The summed E-state index contributed by atoms with van der Waals surface area (Å²) in [4.78, 5) is 24.7. The smallest absolute Gasteiger partial charge is 0.330 e. The third kappa shape index (κ3) is 3.64. The van der Waals surface area contributed by atoms with Gasteiger partial charge in [0.2, 0.25) is 0 Å². The molecule has 0 bridgehead atoms. The fraction of sp³-hybridized carbons (Fsp3) is 0.529. The topological polar surface area (TPSA) is 75.6 Å². The van der Waals surface area contributed by atoms with Gasteiger partial charge in [-0.15, -0.1) is 0 Å². The summed E-state index contributed by atoms with van der Waals surface area (Å²) in [5, 5.41) is 12.3. The normalized spacial score (nSPS) is 24.6. The molecule has 1 aliphatic carbocycles. The average Bonchev–Trinajstić information content (AvgIpc) is 2.53. The first kappa shape index (κ1) is 19.7. The second kappa shape index (κ2) is 7.29. The highest BCUT2D eigenvalue weighted by molar-refractivity contribution is 7.99. The first-order chi connectivity index (χ1) is 11.6. The summed E-state index contributed by atoms with van der Waals surface area (Å²) in [5.74, 6) is -4.22. The molecule has 2 atom stereocenters. The van der Waals surface area contributed by atoms with Gasteiger partial charge in [-0.05, 0) is 31.2 Å². The number of halogens is 2. The molecule has 0 spiro atoms. The molecule has 0 radical (unpaired) electrons. The molecule has 0 heterocycles. The zero-order valence-corrected chi connectivity index (χ0v) is 15.0. The first-order valence-electron chi connectivity index (χ1n) is 7.86. The lowest BCUT2D eigenvalue weighted by molar-refractivity contribution is -0.190. The minimum absolute atomic E-state index is 0.175. The van der Waals surface area contributed by atoms with Gasteiger partial charge in [0.05, 0.1) is 6.10 Å². The van der Waals surface area contributed by atoms with Crippen LogP contribution in [0.25, 0.3) is 0 Å². The Bertz CT molecular complexity index is 651. The lowest BCUT2D eigenvalue weighted by Crippen LogP contribution is -2.76. The highest BCUT2D eigenvalue weighted by Gasteiger charge is 2.66. The van der Waals surface area contributed by atoms with Crippen molar-refractivity contribution >= 4 is 23.6 Å². The van der Waals surface area contributed by atoms with Crippen LogP contribution in [0.3, 0.4) is 0 Å². The van der Waals surface area contributed by atoms with Crippen molar-refractivity contribution in [2.24, 2.45) is 5.41 Å². The predicted octanol–water partition coefficient (Wildman–Crippen LogP) is 3.39. The molecule has 0 aromatic heterocycles. The number of thioether (sulfide) groups is 1. The number of carbonyl (C=O) groups excluding carboxylic acids is 1. The van der Waals surface area contributed by atoms with Crippen LogP contribution in [0.2, 0.25) is 0 Å². The number of alkyl halides is 2. The van der Waals surface area contributed by atoms with E-state index in [0.29, 0.717) is 23.3 Å². The van der Waals surface area contributed by atoms with Crippen molar-refractivity contribution in [3.05, 3.63) is 29.8 Å². The van der Waals surface area contributed by atoms with Crippen LogP contribution < -0.4 is 5.32 Å². The highest BCUT2D eigenvalue weighted by Crippen LogP contribution is 2.51. The van der Waals surface area contributed by atoms with Crippen molar-refractivity contribution < 1.29 is 28.2 Å². The summed E-state index contributed by atoms with van der Waals surface area (Å²) in [5.41, 5.74) is -1.99. The van der Waals surface area contributed by atoms with E-state index >= 15 is 0 Å². The molecule has 2 rings (SSSR count). The molecular weight excluding hydrogens is 352 g/mol. The number of carboxylic acid groups (broad SMARTS) is 1. The van der Waals surface area contributed by atoms with Crippen LogP contribution in [-0.4, -0.2) is 41.0 Å². The number of nitrogens with one attached hydrogen (secondary N) is 1. The molecular formula is C17H21F2NO4S. The number of carbonyl (C=O) groups is 2. The van der Waals surface area contributed by atoms with Gasteiger partial charge in [0.1, 0.15) is 5.54 Å². The van der Waals surface area contributed by atoms with Crippen LogP contribution in [0.15, 0.2) is 29.2 Å². The van der Waals surface area contributed by atoms with E-state index in [4.69, 9.17) is 4.74 Å². The van der Waals surface area contributed by atoms with Gasteiger partial charge in [-0.1, -0.05) is 25.6 Å². The van der Waals surface area contributed by atoms with Crippen molar-refractivity contribution in [1.29, 1.82) is 0 Å². The number of amides is 1. The van der Waals surface area contributed by atoms with Crippen LogP contribution in [0, 0.1) is 5.41 Å². The SMILES string of the molecule is CCOC1CC(NC(=O)c2ccc(SC(F)F)cc2)(C(=O)O)C1(C)C. The Labute approximate surface area is 149 Å². The number of hydrogen-bond acceptors (Lipinski definition) is 4. The fourth-order valence-electron chi connectivity index (χ4n) is 3.09. The van der Waals surface area contributed by atoms with Crippen LogP contribution in [0.5, 0.6) is 0 Å². The van der Waals surface area contributed by atoms with Gasteiger partial charge in [-0.25, -0.2) is 4.79 Å². The van der Waals surface area contributed by atoms with Gasteiger partial charge in [-0.2, -0.15) is 8.78 Å². The lowest BCUT2D eigenvalue weighted by atomic mass is 9.54. The summed E-state index contributed by atoms with van der Waals surface area (Å²) in [6.07, 6.45) is -0.0902. The Morgan fingerprint density at radius 2 is 1.96 bits per heavy atom. The number of carboxylic acids is 1. The molecule has 0 aliphatic heterocycles. The quantitative estimate of drug-likeness (QED) is 0.717. The van der Waals surface area contributed by atoms with Crippen LogP contribution in [0.1, 0.15) is 37.6 Å². The van der Waals surface area contributed by atoms with E-state index in [9.17, 15) is 23.5 Å². The van der Waals surface area contributed by atoms with Gasteiger partial charge in [0.25, 0.3) is 11.7 Å². The maximum Gasteiger partial charge on any atom is 0.330 e. The fourth-order valence-corrected chi connectivity index (χ4v) is 3.59. The molecule has 8 heteroatoms. The maximum absolute atomic E-state index is 12.5. The van der Waals surface area contributed by atoms with E-state index in [0.717, 1.165) is 0 Å². The van der Waals surface area contributed by atoms with E-state index in [2.05, 4.69) is 5.32 Å². The summed E-state index contributed by atoms with van der Waals surface area (Å²) in [7, 11) is 0. The molecule has 0 saturated heterocycles. The van der Waals surface area contributed by atoms with Gasteiger partial charge >= 0.3 is 5.97 Å². The zero-order valence-electron chi connectivity index (χ0n) is 14.2. The third-order valence-corrected chi connectivity index (χ3v) is 5.52. The first-order valence-corrected chi connectivity index (χ1v) is 8.74. The Balaban J connectivity index is 2.15. The molecule has 2 unspecified atom stereocenters. The molecule has 1 aromatic rings. The van der Waals surface area contributed by atoms with Crippen molar-refractivity contribution in [3.63, 3.8) is 0 Å². The standard InChI is InChI=1S/C17H21F2NO4S/c1-4-24-12-9-17(14(22)23,16(12,2)3)20-13(21)10-5-7-11(8-6-10)25-15(18)19/h5-8,12,15H,4,9H2,1-3H3,(H,20,21)(H,22,23). The molecule has 1 fully saturated rings. The minimum Gasteiger partial charge on any atom is -0.479 e. The van der Waals surface area contributed by atoms with Crippen LogP contribution in [-0.2, 0) is 9.53 Å². The van der Waals surface area contributed by atoms with Gasteiger partial charge < -0.3 is 15.2 Å². The molecule has 1 saturated carbocycles. The largest absolute Gasteiger partial charge is 0.479 e. The maximum atomic E-state index is 12.5. The van der Waals surface area contributed by atoms with Crippen LogP contribution in [0.4, 0.5) is 8.78 Å². The third-order valence-electron chi connectivity index (χ3n) is 4.80. The van der Waals surface area contributed by atoms with E-state index in [1.54, 1.807) is 13.8 Å². The summed E-state index contributed by atoms with van der Waals surface area (Å²) >= 11 is 0.382. The van der Waals surface area contributed by atoms with Crippen LogP contribution >= 0.6 is 11.8 Å². The molecule has 1 aliphatic rings. The second-order valence-electron chi connectivity index (χ2n) is 6.44. The number of hydrogen-bond donors (Lipinski definition) is 2. The van der Waals surface area contributed by atoms with Gasteiger partial charge in [0.15, 0.2) is 0 Å². The molecule has 2 N–H and O–H groups in total. The number of rotatable bonds is 7.